The highest BCUT2D eigenvalue weighted by atomic mass is 15.6. The molecule has 1 atom stereocenters. The van der Waals surface area contributed by atoms with Crippen molar-refractivity contribution < 1.29 is 0 Å². The van der Waals surface area contributed by atoms with Gasteiger partial charge in [0, 0.05) is 25.2 Å². The molecule has 2 aromatic rings. The van der Waals surface area contributed by atoms with Crippen LogP contribution in [0.5, 0.6) is 0 Å². The molecule has 0 aliphatic carbocycles. The van der Waals surface area contributed by atoms with Gasteiger partial charge in [-0.25, -0.2) is 0 Å². The van der Waals surface area contributed by atoms with E-state index in [-0.39, 0.29) is 6.04 Å². The molecule has 18 heavy (non-hydrogen) atoms. The van der Waals surface area contributed by atoms with Crippen LogP contribution in [0.2, 0.25) is 0 Å². The van der Waals surface area contributed by atoms with Crippen molar-refractivity contribution >= 4 is 0 Å². The zero-order valence-corrected chi connectivity index (χ0v) is 11.3. The monoisotopic (exact) mass is 249 g/mol. The predicted octanol–water partition coefficient (Wildman–Crippen LogP) is -0.327. The summed E-state index contributed by atoms with van der Waals surface area (Å²) in [6.07, 6.45) is 1.41. The molecular formula is C11H19N7. The lowest BCUT2D eigenvalue weighted by atomic mass is 10.0. The van der Waals surface area contributed by atoms with E-state index in [0.29, 0.717) is 12.2 Å². The highest BCUT2D eigenvalue weighted by Crippen LogP contribution is 2.14. The second kappa shape index (κ2) is 4.85. The summed E-state index contributed by atoms with van der Waals surface area (Å²) >= 11 is 0. The Kier molecular flexibility index (Phi) is 3.42. The van der Waals surface area contributed by atoms with E-state index in [1.807, 2.05) is 18.7 Å². The third-order valence-electron chi connectivity index (χ3n) is 3.12. The van der Waals surface area contributed by atoms with Crippen molar-refractivity contribution in [2.24, 2.45) is 19.8 Å². The molecule has 0 fully saturated rings. The van der Waals surface area contributed by atoms with Crippen LogP contribution in [0.4, 0.5) is 0 Å². The lowest BCUT2D eigenvalue weighted by Crippen LogP contribution is -2.26. The molecule has 0 aliphatic rings. The normalized spacial score (nSPS) is 12.9. The highest BCUT2D eigenvalue weighted by molar-refractivity contribution is 5.25. The van der Waals surface area contributed by atoms with Gasteiger partial charge in [0.05, 0.1) is 12.7 Å². The van der Waals surface area contributed by atoms with Crippen molar-refractivity contribution in [1.29, 1.82) is 0 Å². The Morgan fingerprint density at radius 2 is 1.89 bits per heavy atom. The van der Waals surface area contributed by atoms with Crippen molar-refractivity contribution in [3.8, 4) is 0 Å². The number of hydrogen-bond acceptors (Lipinski definition) is 5. The van der Waals surface area contributed by atoms with Crippen LogP contribution in [-0.4, -0.2) is 36.0 Å². The molecular weight excluding hydrogens is 230 g/mol. The smallest absolute Gasteiger partial charge is 0.176 e. The van der Waals surface area contributed by atoms with Crippen molar-refractivity contribution in [2.45, 2.75) is 32.7 Å². The number of rotatable bonds is 4. The summed E-state index contributed by atoms with van der Waals surface area (Å²) in [7, 11) is 3.69. The van der Waals surface area contributed by atoms with Gasteiger partial charge in [0.15, 0.2) is 5.82 Å². The van der Waals surface area contributed by atoms with Gasteiger partial charge in [0.2, 0.25) is 0 Å². The summed E-state index contributed by atoms with van der Waals surface area (Å²) in [6, 6.07) is -0.0178. The molecule has 0 aliphatic heterocycles. The zero-order chi connectivity index (χ0) is 13.3. The Labute approximate surface area is 106 Å². The van der Waals surface area contributed by atoms with E-state index in [1.54, 1.807) is 7.05 Å². The van der Waals surface area contributed by atoms with Gasteiger partial charge in [-0.15, -0.1) is 10.2 Å². The van der Waals surface area contributed by atoms with Crippen LogP contribution in [0.1, 0.15) is 22.8 Å². The summed E-state index contributed by atoms with van der Waals surface area (Å²) in [5, 5.41) is 16.3. The number of hydrogen-bond donors (Lipinski definition) is 1. The number of aryl methyl sites for hydroxylation is 3. The maximum Gasteiger partial charge on any atom is 0.176 e. The molecule has 2 N–H and O–H groups in total. The lowest BCUT2D eigenvalue weighted by molar-refractivity contribution is 0.613. The average molecular weight is 249 g/mol. The third-order valence-corrected chi connectivity index (χ3v) is 3.12. The quantitative estimate of drug-likeness (QED) is 0.802. The molecule has 0 saturated carbocycles. The summed E-state index contributed by atoms with van der Waals surface area (Å²) < 4.78 is 1.89. The van der Waals surface area contributed by atoms with Crippen LogP contribution >= 0.6 is 0 Å². The largest absolute Gasteiger partial charge is 0.327 e. The van der Waals surface area contributed by atoms with Crippen LogP contribution in [0.15, 0.2) is 0 Å². The van der Waals surface area contributed by atoms with E-state index in [1.165, 1.54) is 10.4 Å². The maximum absolute atomic E-state index is 6.14. The summed E-state index contributed by atoms with van der Waals surface area (Å²) in [4.78, 5) is 1.45. The third kappa shape index (κ3) is 2.56. The molecule has 1 unspecified atom stereocenters. The first-order valence-electron chi connectivity index (χ1n) is 5.95. The second-order valence-electron chi connectivity index (χ2n) is 4.64. The Balaban J connectivity index is 2.05. The predicted molar refractivity (Wildman–Crippen MR) is 66.9 cm³/mol. The van der Waals surface area contributed by atoms with E-state index in [0.717, 1.165) is 17.8 Å². The van der Waals surface area contributed by atoms with Crippen LogP contribution in [0.3, 0.4) is 0 Å². The summed E-state index contributed by atoms with van der Waals surface area (Å²) in [5.74, 6) is 0.684. The first-order chi connectivity index (χ1) is 8.47. The molecule has 0 aromatic carbocycles. The molecule has 0 bridgehead atoms. The first-order valence-corrected chi connectivity index (χ1v) is 5.95. The summed E-state index contributed by atoms with van der Waals surface area (Å²) in [6.45, 7) is 4.07. The lowest BCUT2D eigenvalue weighted by Gasteiger charge is -2.09. The minimum absolute atomic E-state index is 0.0178. The molecule has 2 heterocycles. The number of aromatic nitrogens is 6. The van der Waals surface area contributed by atoms with Gasteiger partial charge in [0.25, 0.3) is 0 Å². The molecule has 0 amide bonds. The molecule has 7 heteroatoms. The number of tetrazole rings is 1. The van der Waals surface area contributed by atoms with Gasteiger partial charge in [-0.3, -0.25) is 4.68 Å². The van der Waals surface area contributed by atoms with E-state index >= 15 is 0 Å². The number of nitrogens with zero attached hydrogens (tertiary/aromatic N) is 6. The Morgan fingerprint density at radius 3 is 2.39 bits per heavy atom. The van der Waals surface area contributed by atoms with E-state index in [4.69, 9.17) is 5.73 Å². The summed E-state index contributed by atoms with van der Waals surface area (Å²) in [5.41, 5.74) is 9.56. The second-order valence-corrected chi connectivity index (χ2v) is 4.64. The minimum Gasteiger partial charge on any atom is -0.327 e. The molecule has 0 radical (unpaired) electrons. The first kappa shape index (κ1) is 12.7. The van der Waals surface area contributed by atoms with Gasteiger partial charge < -0.3 is 5.73 Å². The van der Waals surface area contributed by atoms with Gasteiger partial charge in [-0.05, 0) is 31.0 Å². The highest BCUT2D eigenvalue weighted by Gasteiger charge is 2.15. The SMILES string of the molecule is Cc1nn(C)c(C)c1CC(N)Cc1nnn(C)n1. The Morgan fingerprint density at radius 1 is 1.17 bits per heavy atom. The van der Waals surface area contributed by atoms with Gasteiger partial charge in [-0.1, -0.05) is 0 Å². The van der Waals surface area contributed by atoms with Crippen LogP contribution in [0.25, 0.3) is 0 Å². The standard InChI is InChI=1S/C11H19N7/c1-7-10(8(2)17(3)14-7)5-9(12)6-11-13-16-18(4)15-11/h9H,5-6,12H2,1-4H3. The van der Waals surface area contributed by atoms with E-state index in [9.17, 15) is 0 Å². The molecule has 98 valence electrons. The van der Waals surface area contributed by atoms with Crippen molar-refractivity contribution in [1.82, 2.24) is 30.0 Å². The molecule has 2 aromatic heterocycles. The fourth-order valence-corrected chi connectivity index (χ4v) is 2.09. The molecule has 0 saturated heterocycles. The minimum atomic E-state index is -0.0178. The van der Waals surface area contributed by atoms with E-state index < -0.39 is 0 Å². The molecule has 7 nitrogen and oxygen atoms in total. The fourth-order valence-electron chi connectivity index (χ4n) is 2.09. The topological polar surface area (TPSA) is 87.4 Å². The number of nitrogens with two attached hydrogens (primary N) is 1. The van der Waals surface area contributed by atoms with E-state index in [2.05, 4.69) is 27.4 Å². The molecule has 0 spiro atoms. The van der Waals surface area contributed by atoms with Crippen LogP contribution in [-0.2, 0) is 26.9 Å². The zero-order valence-electron chi connectivity index (χ0n) is 11.3. The van der Waals surface area contributed by atoms with Gasteiger partial charge >= 0.3 is 0 Å². The van der Waals surface area contributed by atoms with Crippen LogP contribution < -0.4 is 5.73 Å². The average Bonchev–Trinajstić information content (AvgIpc) is 2.78. The molecule has 2 rings (SSSR count). The maximum atomic E-state index is 6.14. The van der Waals surface area contributed by atoms with Crippen LogP contribution in [0, 0.1) is 13.8 Å². The fraction of sp³-hybridized carbons (Fsp3) is 0.636. The van der Waals surface area contributed by atoms with Crippen molar-refractivity contribution in [3.63, 3.8) is 0 Å². The Hall–Kier alpha value is -1.76. The van der Waals surface area contributed by atoms with Gasteiger partial charge in [-0.2, -0.15) is 9.90 Å². The van der Waals surface area contributed by atoms with Crippen molar-refractivity contribution in [2.75, 3.05) is 0 Å². The Bertz CT molecular complexity index is 540. The van der Waals surface area contributed by atoms with Gasteiger partial charge in [0.1, 0.15) is 0 Å². The van der Waals surface area contributed by atoms with Crippen molar-refractivity contribution in [3.05, 3.63) is 22.8 Å².